The number of aryl methyl sites for hydroxylation is 1. The molecular weight excluding hydrogens is 369 g/mol. The van der Waals surface area contributed by atoms with Crippen LogP contribution in [0.1, 0.15) is 49.8 Å². The monoisotopic (exact) mass is 397 g/mol. The Kier molecular flexibility index (Phi) is 6.33. The molecule has 1 heterocycles. The van der Waals surface area contributed by atoms with Gasteiger partial charge in [-0.2, -0.15) is 10.2 Å². The van der Waals surface area contributed by atoms with E-state index in [-0.39, 0.29) is 23.4 Å². The SMILES string of the molecule is Cc1cc(CCNc2ncc(C#N)c(N[C@@H]3CC[C@H](O)C(C)(C)C3)n2)ccc1F. The molecule has 1 aromatic carbocycles. The molecule has 1 aliphatic carbocycles. The number of halogens is 1. The molecule has 7 heteroatoms. The molecule has 3 N–H and O–H groups in total. The predicted octanol–water partition coefficient (Wildman–Crippen LogP) is 3.80. The molecule has 1 aliphatic rings. The standard InChI is InChI=1S/C22H28FN5O/c1-14-10-15(4-6-18(14)23)8-9-25-21-26-13-16(12-24)20(28-21)27-17-5-7-19(29)22(2,3)11-17/h4,6,10,13,17,19,29H,5,7-9,11H2,1-3H3,(H2,25,26,27,28)/t17-,19+/m1/s1. The van der Waals surface area contributed by atoms with E-state index in [0.29, 0.717) is 35.9 Å². The van der Waals surface area contributed by atoms with Gasteiger partial charge in [-0.3, -0.25) is 0 Å². The molecule has 6 nitrogen and oxygen atoms in total. The van der Waals surface area contributed by atoms with Crippen molar-refractivity contribution in [1.29, 1.82) is 5.26 Å². The van der Waals surface area contributed by atoms with Crippen LogP contribution >= 0.6 is 0 Å². The van der Waals surface area contributed by atoms with Crippen molar-refractivity contribution >= 4 is 11.8 Å². The zero-order valence-electron chi connectivity index (χ0n) is 17.2. The number of aliphatic hydroxyl groups is 1. The van der Waals surface area contributed by atoms with Crippen molar-refractivity contribution in [2.75, 3.05) is 17.2 Å². The Morgan fingerprint density at radius 1 is 1.34 bits per heavy atom. The number of rotatable bonds is 6. The molecule has 0 saturated heterocycles. The highest BCUT2D eigenvalue weighted by Gasteiger charge is 2.35. The number of nitrogens with zero attached hydrogens (tertiary/aromatic N) is 3. The van der Waals surface area contributed by atoms with Crippen LogP contribution in [0.25, 0.3) is 0 Å². The molecule has 0 spiro atoms. The number of aliphatic hydroxyl groups excluding tert-OH is 1. The minimum Gasteiger partial charge on any atom is -0.393 e. The average Bonchev–Trinajstić information content (AvgIpc) is 2.67. The molecule has 1 aromatic heterocycles. The van der Waals surface area contributed by atoms with Gasteiger partial charge in [-0.15, -0.1) is 0 Å². The molecule has 2 aromatic rings. The molecule has 1 saturated carbocycles. The molecule has 29 heavy (non-hydrogen) atoms. The zero-order valence-corrected chi connectivity index (χ0v) is 17.2. The molecular formula is C22H28FN5O. The average molecular weight is 397 g/mol. The summed E-state index contributed by atoms with van der Waals surface area (Å²) in [7, 11) is 0. The first-order valence-corrected chi connectivity index (χ1v) is 9.99. The smallest absolute Gasteiger partial charge is 0.224 e. The van der Waals surface area contributed by atoms with Gasteiger partial charge < -0.3 is 15.7 Å². The summed E-state index contributed by atoms with van der Waals surface area (Å²) >= 11 is 0. The molecule has 0 aliphatic heterocycles. The van der Waals surface area contributed by atoms with Gasteiger partial charge in [0.15, 0.2) is 0 Å². The number of hydrogen-bond acceptors (Lipinski definition) is 6. The second kappa shape index (κ2) is 8.75. The van der Waals surface area contributed by atoms with E-state index in [1.807, 2.05) is 6.07 Å². The number of anilines is 2. The van der Waals surface area contributed by atoms with E-state index in [2.05, 4.69) is 40.5 Å². The highest BCUT2D eigenvalue weighted by atomic mass is 19.1. The third-order valence-electron chi connectivity index (χ3n) is 5.63. The van der Waals surface area contributed by atoms with E-state index in [1.54, 1.807) is 13.0 Å². The van der Waals surface area contributed by atoms with Crippen LogP contribution in [-0.4, -0.2) is 33.8 Å². The summed E-state index contributed by atoms with van der Waals surface area (Å²) in [4.78, 5) is 8.71. The lowest BCUT2D eigenvalue weighted by molar-refractivity contribution is 0.00926. The highest BCUT2D eigenvalue weighted by molar-refractivity contribution is 5.54. The van der Waals surface area contributed by atoms with Gasteiger partial charge in [0.1, 0.15) is 23.3 Å². The van der Waals surface area contributed by atoms with Gasteiger partial charge >= 0.3 is 0 Å². The van der Waals surface area contributed by atoms with E-state index in [0.717, 1.165) is 24.8 Å². The Labute approximate surface area is 171 Å². The second-order valence-corrected chi connectivity index (χ2v) is 8.46. The third kappa shape index (κ3) is 5.21. The number of aromatic nitrogens is 2. The van der Waals surface area contributed by atoms with Gasteiger partial charge in [0.2, 0.25) is 5.95 Å². The fourth-order valence-electron chi connectivity index (χ4n) is 3.78. The minimum atomic E-state index is -0.311. The molecule has 154 valence electrons. The first kappa shape index (κ1) is 21.0. The fraction of sp³-hybridized carbons (Fsp3) is 0.500. The van der Waals surface area contributed by atoms with Crippen LogP contribution in [0.3, 0.4) is 0 Å². The van der Waals surface area contributed by atoms with Crippen LogP contribution in [-0.2, 0) is 6.42 Å². The summed E-state index contributed by atoms with van der Waals surface area (Å²) in [5, 5.41) is 26.1. The normalized spacial score (nSPS) is 20.7. The molecule has 1 fully saturated rings. The van der Waals surface area contributed by atoms with Gasteiger partial charge in [-0.25, -0.2) is 9.37 Å². The van der Waals surface area contributed by atoms with Crippen molar-refractivity contribution in [3.05, 3.63) is 46.9 Å². The third-order valence-corrected chi connectivity index (χ3v) is 5.63. The Bertz CT molecular complexity index is 909. The lowest BCUT2D eigenvalue weighted by atomic mass is 9.73. The maximum absolute atomic E-state index is 13.4. The number of nitrogens with one attached hydrogen (secondary N) is 2. The Morgan fingerprint density at radius 3 is 2.83 bits per heavy atom. The van der Waals surface area contributed by atoms with Crippen LogP contribution in [0.5, 0.6) is 0 Å². The molecule has 0 bridgehead atoms. The first-order chi connectivity index (χ1) is 13.8. The Balaban J connectivity index is 1.64. The molecule has 0 amide bonds. The van der Waals surface area contributed by atoms with E-state index in [1.165, 1.54) is 12.3 Å². The van der Waals surface area contributed by atoms with Crippen LogP contribution < -0.4 is 10.6 Å². The first-order valence-electron chi connectivity index (χ1n) is 9.99. The van der Waals surface area contributed by atoms with E-state index < -0.39 is 0 Å². The van der Waals surface area contributed by atoms with Gasteiger partial charge in [0.05, 0.1) is 12.3 Å². The maximum atomic E-state index is 13.4. The van der Waals surface area contributed by atoms with Crippen LogP contribution in [0.4, 0.5) is 16.2 Å². The van der Waals surface area contributed by atoms with Crippen molar-refractivity contribution in [3.63, 3.8) is 0 Å². The zero-order chi connectivity index (χ0) is 21.0. The summed E-state index contributed by atoms with van der Waals surface area (Å²) in [6, 6.07) is 7.37. The van der Waals surface area contributed by atoms with Crippen molar-refractivity contribution in [3.8, 4) is 6.07 Å². The topological polar surface area (TPSA) is 93.9 Å². The van der Waals surface area contributed by atoms with Crippen LogP contribution in [0, 0.1) is 29.5 Å². The largest absolute Gasteiger partial charge is 0.393 e. The van der Waals surface area contributed by atoms with Gasteiger partial charge in [0.25, 0.3) is 0 Å². The van der Waals surface area contributed by atoms with Gasteiger partial charge in [-0.1, -0.05) is 26.0 Å². The fourth-order valence-corrected chi connectivity index (χ4v) is 3.78. The lowest BCUT2D eigenvalue weighted by Gasteiger charge is -2.40. The summed E-state index contributed by atoms with van der Waals surface area (Å²) < 4.78 is 13.4. The maximum Gasteiger partial charge on any atom is 0.224 e. The molecule has 0 unspecified atom stereocenters. The number of nitriles is 1. The van der Waals surface area contributed by atoms with Crippen LogP contribution in [0.2, 0.25) is 0 Å². The van der Waals surface area contributed by atoms with Crippen LogP contribution in [0.15, 0.2) is 24.4 Å². The van der Waals surface area contributed by atoms with Crippen molar-refractivity contribution in [2.24, 2.45) is 5.41 Å². The highest BCUT2D eigenvalue weighted by Crippen LogP contribution is 2.36. The Hall–Kier alpha value is -2.72. The van der Waals surface area contributed by atoms with Gasteiger partial charge in [0, 0.05) is 12.6 Å². The van der Waals surface area contributed by atoms with Crippen molar-refractivity contribution < 1.29 is 9.50 Å². The lowest BCUT2D eigenvalue weighted by Crippen LogP contribution is -2.41. The summed E-state index contributed by atoms with van der Waals surface area (Å²) in [6.07, 6.45) is 4.26. The van der Waals surface area contributed by atoms with Gasteiger partial charge in [-0.05, 0) is 55.2 Å². The summed E-state index contributed by atoms with van der Waals surface area (Å²) in [5.74, 6) is 0.756. The minimum absolute atomic E-state index is 0.144. The quantitative estimate of drug-likeness (QED) is 0.686. The van der Waals surface area contributed by atoms with Crippen molar-refractivity contribution in [2.45, 2.75) is 58.6 Å². The van der Waals surface area contributed by atoms with Crippen molar-refractivity contribution in [1.82, 2.24) is 9.97 Å². The summed E-state index contributed by atoms with van der Waals surface area (Å²) in [5.41, 5.74) is 1.88. The van der Waals surface area contributed by atoms with E-state index in [4.69, 9.17) is 0 Å². The predicted molar refractivity (Wildman–Crippen MR) is 111 cm³/mol. The van der Waals surface area contributed by atoms with E-state index in [9.17, 15) is 14.8 Å². The Morgan fingerprint density at radius 2 is 2.14 bits per heavy atom. The molecule has 2 atom stereocenters. The van der Waals surface area contributed by atoms with E-state index >= 15 is 0 Å². The second-order valence-electron chi connectivity index (χ2n) is 8.46. The summed E-state index contributed by atoms with van der Waals surface area (Å²) in [6.45, 7) is 6.46. The number of hydrogen-bond donors (Lipinski definition) is 3. The molecule has 0 radical (unpaired) electrons. The number of benzene rings is 1. The molecule has 3 rings (SSSR count).